The quantitative estimate of drug-likeness (QED) is 0.374. The first-order valence-electron chi connectivity index (χ1n) is 8.34. The molecule has 0 unspecified atom stereocenters. The van der Waals surface area contributed by atoms with Crippen LogP contribution in [-0.4, -0.2) is 17.3 Å². The van der Waals surface area contributed by atoms with E-state index in [1.807, 2.05) is 42.6 Å². The number of methoxy groups -OCH3 is 1. The van der Waals surface area contributed by atoms with Gasteiger partial charge >= 0.3 is 0 Å². The van der Waals surface area contributed by atoms with Gasteiger partial charge in [-0.1, -0.05) is 40.5 Å². The molecule has 2 heterocycles. The van der Waals surface area contributed by atoms with Crippen molar-refractivity contribution in [2.24, 2.45) is 0 Å². The molecule has 0 aliphatic carbocycles. The van der Waals surface area contributed by atoms with Gasteiger partial charge < -0.3 is 14.6 Å². The lowest BCUT2D eigenvalue weighted by Crippen LogP contribution is -1.94. The van der Waals surface area contributed by atoms with Crippen LogP contribution in [0.15, 0.2) is 52.4 Å². The lowest BCUT2D eigenvalue weighted by Gasteiger charge is -2.08. The zero-order valence-electron chi connectivity index (χ0n) is 15.0. The molecule has 5 nitrogen and oxygen atoms in total. The number of anilines is 2. The molecule has 2 aromatic carbocycles. The summed E-state index contributed by atoms with van der Waals surface area (Å²) in [4.78, 5) is 4.70. The SMILES string of the molecule is COc1ccccc1Nc1nc(-c2c(-c3ccc(Cl)cc3Cl)noc2C)cs1. The lowest BCUT2D eigenvalue weighted by molar-refractivity contribution is 0.400. The standard InChI is InChI=1S/C20H15Cl2N3O2S/c1-11-18(19(25-27-11)13-8-7-12(21)9-14(13)22)16-10-28-20(24-16)23-15-5-3-4-6-17(15)26-2/h3-10H,1-2H3,(H,23,24). The molecule has 0 saturated carbocycles. The molecule has 4 aromatic rings. The molecule has 0 atom stereocenters. The minimum Gasteiger partial charge on any atom is -0.495 e. The van der Waals surface area contributed by atoms with E-state index >= 15 is 0 Å². The molecule has 0 aliphatic heterocycles. The Morgan fingerprint density at radius 1 is 1.14 bits per heavy atom. The van der Waals surface area contributed by atoms with Gasteiger partial charge in [-0.25, -0.2) is 4.98 Å². The van der Waals surface area contributed by atoms with Gasteiger partial charge in [-0.3, -0.25) is 0 Å². The van der Waals surface area contributed by atoms with Gasteiger partial charge in [-0.2, -0.15) is 0 Å². The fraction of sp³-hybridized carbons (Fsp3) is 0.100. The lowest BCUT2D eigenvalue weighted by atomic mass is 10.0. The summed E-state index contributed by atoms with van der Waals surface area (Å²) in [5.74, 6) is 1.41. The Hall–Kier alpha value is -2.54. The van der Waals surface area contributed by atoms with Crippen molar-refractivity contribution < 1.29 is 9.26 Å². The van der Waals surface area contributed by atoms with Crippen LogP contribution in [0.5, 0.6) is 5.75 Å². The van der Waals surface area contributed by atoms with Crippen molar-refractivity contribution in [1.29, 1.82) is 0 Å². The maximum Gasteiger partial charge on any atom is 0.187 e. The number of hydrogen-bond donors (Lipinski definition) is 1. The van der Waals surface area contributed by atoms with E-state index in [1.54, 1.807) is 19.2 Å². The Balaban J connectivity index is 1.71. The van der Waals surface area contributed by atoms with Crippen molar-refractivity contribution in [2.75, 3.05) is 12.4 Å². The Morgan fingerprint density at radius 3 is 2.75 bits per heavy atom. The Morgan fingerprint density at radius 2 is 1.96 bits per heavy atom. The minimum absolute atomic E-state index is 0.504. The van der Waals surface area contributed by atoms with Crippen molar-refractivity contribution in [2.45, 2.75) is 6.92 Å². The van der Waals surface area contributed by atoms with Gasteiger partial charge in [-0.15, -0.1) is 11.3 Å². The van der Waals surface area contributed by atoms with Gasteiger partial charge in [0.05, 0.1) is 29.1 Å². The first kappa shape index (κ1) is 18.8. The Labute approximate surface area is 175 Å². The summed E-state index contributed by atoms with van der Waals surface area (Å²) in [6.45, 7) is 1.85. The Kier molecular flexibility index (Phi) is 5.26. The second-order valence-electron chi connectivity index (χ2n) is 5.95. The van der Waals surface area contributed by atoms with E-state index in [0.29, 0.717) is 21.5 Å². The second kappa shape index (κ2) is 7.83. The van der Waals surface area contributed by atoms with E-state index in [-0.39, 0.29) is 0 Å². The summed E-state index contributed by atoms with van der Waals surface area (Å²) in [7, 11) is 1.64. The first-order valence-corrected chi connectivity index (χ1v) is 9.98. The summed E-state index contributed by atoms with van der Waals surface area (Å²) in [5.41, 5.74) is 3.77. The third-order valence-corrected chi connectivity index (χ3v) is 5.46. The van der Waals surface area contributed by atoms with E-state index in [0.717, 1.165) is 33.4 Å². The largest absolute Gasteiger partial charge is 0.495 e. The van der Waals surface area contributed by atoms with Crippen LogP contribution in [0, 0.1) is 6.92 Å². The monoisotopic (exact) mass is 431 g/mol. The predicted octanol–water partition coefficient (Wildman–Crippen LogP) is 6.83. The van der Waals surface area contributed by atoms with Gasteiger partial charge in [0.25, 0.3) is 0 Å². The highest BCUT2D eigenvalue weighted by molar-refractivity contribution is 7.14. The fourth-order valence-electron chi connectivity index (χ4n) is 2.85. The molecular weight excluding hydrogens is 417 g/mol. The molecule has 2 aromatic heterocycles. The molecule has 4 rings (SSSR count). The van der Waals surface area contributed by atoms with Crippen LogP contribution in [0.2, 0.25) is 10.0 Å². The molecule has 0 bridgehead atoms. The molecular formula is C20H15Cl2N3O2S. The molecule has 0 amide bonds. The van der Waals surface area contributed by atoms with Gasteiger partial charge in [0.1, 0.15) is 17.2 Å². The van der Waals surface area contributed by atoms with Crippen LogP contribution in [0.3, 0.4) is 0 Å². The zero-order valence-corrected chi connectivity index (χ0v) is 17.3. The van der Waals surface area contributed by atoms with Gasteiger partial charge in [0.2, 0.25) is 0 Å². The van der Waals surface area contributed by atoms with Crippen LogP contribution in [0.4, 0.5) is 10.8 Å². The average Bonchev–Trinajstić information content (AvgIpc) is 3.28. The third-order valence-electron chi connectivity index (χ3n) is 4.16. The molecule has 28 heavy (non-hydrogen) atoms. The number of aryl methyl sites for hydroxylation is 1. The third kappa shape index (κ3) is 3.58. The number of rotatable bonds is 5. The fourth-order valence-corrected chi connectivity index (χ4v) is 4.06. The minimum atomic E-state index is 0.504. The number of ether oxygens (including phenoxy) is 1. The summed E-state index contributed by atoms with van der Waals surface area (Å²) >= 11 is 13.9. The number of hydrogen-bond acceptors (Lipinski definition) is 6. The number of thiazole rings is 1. The number of para-hydroxylation sites is 2. The molecule has 0 aliphatic rings. The average molecular weight is 432 g/mol. The highest BCUT2D eigenvalue weighted by atomic mass is 35.5. The molecule has 8 heteroatoms. The van der Waals surface area contributed by atoms with Crippen molar-refractivity contribution in [3.05, 3.63) is 63.7 Å². The summed E-state index contributed by atoms with van der Waals surface area (Å²) in [6, 6.07) is 13.0. The van der Waals surface area contributed by atoms with E-state index in [4.69, 9.17) is 37.4 Å². The highest BCUT2D eigenvalue weighted by Gasteiger charge is 2.21. The van der Waals surface area contributed by atoms with Crippen molar-refractivity contribution in [1.82, 2.24) is 10.1 Å². The number of nitrogens with zero attached hydrogens (tertiary/aromatic N) is 2. The van der Waals surface area contributed by atoms with Gasteiger partial charge in [-0.05, 0) is 37.3 Å². The van der Waals surface area contributed by atoms with E-state index in [9.17, 15) is 0 Å². The number of halogens is 2. The van der Waals surface area contributed by atoms with Crippen LogP contribution in [0.25, 0.3) is 22.5 Å². The van der Waals surface area contributed by atoms with Gasteiger partial charge in [0, 0.05) is 16.0 Å². The smallest absolute Gasteiger partial charge is 0.187 e. The van der Waals surface area contributed by atoms with E-state index < -0.39 is 0 Å². The van der Waals surface area contributed by atoms with Crippen molar-refractivity contribution in [3.8, 4) is 28.3 Å². The molecule has 0 fully saturated rings. The molecule has 1 N–H and O–H groups in total. The summed E-state index contributed by atoms with van der Waals surface area (Å²) in [6.07, 6.45) is 0. The molecule has 0 spiro atoms. The maximum absolute atomic E-state index is 6.37. The number of benzene rings is 2. The topological polar surface area (TPSA) is 60.2 Å². The first-order chi connectivity index (χ1) is 13.6. The zero-order chi connectivity index (χ0) is 19.7. The predicted molar refractivity (Wildman–Crippen MR) is 114 cm³/mol. The van der Waals surface area contributed by atoms with Crippen LogP contribution < -0.4 is 10.1 Å². The van der Waals surface area contributed by atoms with Crippen LogP contribution in [-0.2, 0) is 0 Å². The highest BCUT2D eigenvalue weighted by Crippen LogP contribution is 2.39. The normalized spacial score (nSPS) is 10.9. The van der Waals surface area contributed by atoms with Crippen LogP contribution in [0.1, 0.15) is 5.76 Å². The summed E-state index contributed by atoms with van der Waals surface area (Å²) in [5, 5.41) is 11.2. The van der Waals surface area contributed by atoms with Crippen molar-refractivity contribution >= 4 is 45.4 Å². The summed E-state index contributed by atoms with van der Waals surface area (Å²) < 4.78 is 10.8. The van der Waals surface area contributed by atoms with Gasteiger partial charge in [0.15, 0.2) is 5.13 Å². The Bertz CT molecular complexity index is 1140. The maximum atomic E-state index is 6.37. The van der Waals surface area contributed by atoms with Crippen LogP contribution >= 0.6 is 34.5 Å². The number of aromatic nitrogens is 2. The second-order valence-corrected chi connectivity index (χ2v) is 7.65. The number of nitrogens with one attached hydrogen (secondary N) is 1. The molecule has 0 radical (unpaired) electrons. The van der Waals surface area contributed by atoms with E-state index in [1.165, 1.54) is 11.3 Å². The van der Waals surface area contributed by atoms with E-state index in [2.05, 4.69) is 10.5 Å². The van der Waals surface area contributed by atoms with Crippen molar-refractivity contribution in [3.63, 3.8) is 0 Å². The molecule has 0 saturated heterocycles. The molecule has 142 valence electrons.